The molecule has 5 heteroatoms. The van der Waals surface area contributed by atoms with Crippen LogP contribution in [0.5, 0.6) is 11.5 Å². The number of nitrogens with one attached hydrogen (secondary N) is 2. The van der Waals surface area contributed by atoms with Gasteiger partial charge in [-0.1, -0.05) is 6.07 Å². The largest absolute Gasteiger partial charge is 0.504 e. The second kappa shape index (κ2) is 5.36. The third-order valence-electron chi connectivity index (χ3n) is 2.46. The van der Waals surface area contributed by atoms with Crippen molar-refractivity contribution in [1.82, 2.24) is 15.5 Å². The summed E-state index contributed by atoms with van der Waals surface area (Å²) in [5, 5.41) is 19.5. The van der Waals surface area contributed by atoms with Crippen molar-refractivity contribution >= 4 is 0 Å². The predicted molar refractivity (Wildman–Crippen MR) is 63.8 cm³/mol. The molecule has 2 rings (SSSR count). The fraction of sp³-hybridized carbons (Fsp3) is 0.250. The molecular formula is C12H15N3O2. The van der Waals surface area contributed by atoms with Crippen LogP contribution < -0.4 is 10.1 Å². The van der Waals surface area contributed by atoms with Crippen LogP contribution in [0.1, 0.15) is 11.1 Å². The summed E-state index contributed by atoms with van der Waals surface area (Å²) >= 11 is 0. The molecule has 2 aromatic rings. The number of ether oxygens (including phenoxy) is 1. The number of aromatic amines is 1. The molecule has 1 aromatic heterocycles. The number of rotatable bonds is 5. The van der Waals surface area contributed by atoms with Crippen molar-refractivity contribution < 1.29 is 9.84 Å². The van der Waals surface area contributed by atoms with E-state index in [1.54, 1.807) is 18.3 Å². The highest BCUT2D eigenvalue weighted by atomic mass is 16.5. The van der Waals surface area contributed by atoms with E-state index in [0.717, 1.165) is 17.7 Å². The van der Waals surface area contributed by atoms with Gasteiger partial charge in [0, 0.05) is 24.8 Å². The van der Waals surface area contributed by atoms with Gasteiger partial charge in [0.05, 0.1) is 13.3 Å². The lowest BCUT2D eigenvalue weighted by molar-refractivity contribution is 0.373. The first-order valence-corrected chi connectivity index (χ1v) is 5.34. The Hall–Kier alpha value is -2.01. The van der Waals surface area contributed by atoms with E-state index in [1.807, 2.05) is 12.3 Å². The van der Waals surface area contributed by atoms with Crippen LogP contribution >= 0.6 is 0 Å². The number of aromatic hydroxyl groups is 1. The maximum absolute atomic E-state index is 9.61. The zero-order chi connectivity index (χ0) is 12.1. The Morgan fingerprint density at radius 2 is 2.18 bits per heavy atom. The molecule has 0 bridgehead atoms. The second-order valence-electron chi connectivity index (χ2n) is 3.72. The van der Waals surface area contributed by atoms with Crippen LogP contribution in [0, 0.1) is 0 Å². The summed E-state index contributed by atoms with van der Waals surface area (Å²) in [6.07, 6.45) is 3.62. The topological polar surface area (TPSA) is 70.2 Å². The van der Waals surface area contributed by atoms with E-state index >= 15 is 0 Å². The van der Waals surface area contributed by atoms with Gasteiger partial charge in [-0.15, -0.1) is 0 Å². The van der Waals surface area contributed by atoms with E-state index in [-0.39, 0.29) is 5.75 Å². The molecule has 0 unspecified atom stereocenters. The summed E-state index contributed by atoms with van der Waals surface area (Å²) in [6, 6.07) is 5.37. The van der Waals surface area contributed by atoms with Crippen molar-refractivity contribution in [3.8, 4) is 11.5 Å². The predicted octanol–water partition coefficient (Wildman–Crippen LogP) is 1.41. The van der Waals surface area contributed by atoms with Gasteiger partial charge in [-0.3, -0.25) is 5.10 Å². The van der Waals surface area contributed by atoms with Crippen molar-refractivity contribution in [2.45, 2.75) is 13.1 Å². The lowest BCUT2D eigenvalue weighted by Gasteiger charge is -2.07. The molecule has 17 heavy (non-hydrogen) atoms. The van der Waals surface area contributed by atoms with Crippen molar-refractivity contribution in [3.63, 3.8) is 0 Å². The molecule has 3 N–H and O–H groups in total. The first-order chi connectivity index (χ1) is 8.29. The number of H-pyrrole nitrogens is 1. The third kappa shape index (κ3) is 2.98. The maximum atomic E-state index is 9.61. The van der Waals surface area contributed by atoms with Gasteiger partial charge in [-0.05, 0) is 17.7 Å². The zero-order valence-corrected chi connectivity index (χ0v) is 9.60. The molecular weight excluding hydrogens is 218 g/mol. The fourth-order valence-electron chi connectivity index (χ4n) is 1.57. The summed E-state index contributed by atoms with van der Waals surface area (Å²) in [6.45, 7) is 1.42. The molecule has 0 atom stereocenters. The Kier molecular flexibility index (Phi) is 3.62. The summed E-state index contributed by atoms with van der Waals surface area (Å²) in [5.41, 5.74) is 2.11. The van der Waals surface area contributed by atoms with Crippen LogP contribution in [0.15, 0.2) is 30.6 Å². The molecule has 0 amide bonds. The van der Waals surface area contributed by atoms with E-state index in [9.17, 15) is 5.11 Å². The minimum Gasteiger partial charge on any atom is -0.504 e. The number of phenolic OH excluding ortho intramolecular Hbond substituents is 1. The molecule has 0 saturated heterocycles. The van der Waals surface area contributed by atoms with Crippen LogP contribution in [0.3, 0.4) is 0 Å². The molecule has 1 heterocycles. The molecule has 5 nitrogen and oxygen atoms in total. The summed E-state index contributed by atoms with van der Waals surface area (Å²) < 4.78 is 4.98. The normalized spacial score (nSPS) is 10.4. The molecule has 1 aromatic carbocycles. The standard InChI is InChI=1S/C12H15N3O2/c1-17-12-3-2-9(4-11(12)16)5-13-6-10-7-14-15-8-10/h2-4,7-8,13,16H,5-6H2,1H3,(H,14,15). The van der Waals surface area contributed by atoms with Gasteiger partial charge in [0.15, 0.2) is 11.5 Å². The molecule has 0 aliphatic carbocycles. The Morgan fingerprint density at radius 3 is 2.82 bits per heavy atom. The van der Waals surface area contributed by atoms with E-state index in [0.29, 0.717) is 12.3 Å². The monoisotopic (exact) mass is 233 g/mol. The number of hydrogen-bond donors (Lipinski definition) is 3. The smallest absolute Gasteiger partial charge is 0.160 e. The average Bonchev–Trinajstić information content (AvgIpc) is 2.82. The SMILES string of the molecule is COc1ccc(CNCc2cn[nH]c2)cc1O. The summed E-state index contributed by atoms with van der Waals surface area (Å²) in [7, 11) is 1.53. The van der Waals surface area contributed by atoms with Crippen LogP contribution in [-0.2, 0) is 13.1 Å². The molecule has 0 spiro atoms. The van der Waals surface area contributed by atoms with Crippen molar-refractivity contribution in [1.29, 1.82) is 0 Å². The zero-order valence-electron chi connectivity index (χ0n) is 9.60. The number of phenols is 1. The average molecular weight is 233 g/mol. The molecule has 0 radical (unpaired) electrons. The summed E-state index contributed by atoms with van der Waals surface area (Å²) in [4.78, 5) is 0. The highest BCUT2D eigenvalue weighted by Gasteiger charge is 2.02. The number of benzene rings is 1. The van der Waals surface area contributed by atoms with Crippen molar-refractivity contribution in [2.24, 2.45) is 0 Å². The highest BCUT2D eigenvalue weighted by Crippen LogP contribution is 2.25. The quantitative estimate of drug-likeness (QED) is 0.730. The maximum Gasteiger partial charge on any atom is 0.160 e. The molecule has 0 aliphatic rings. The number of nitrogens with zero attached hydrogens (tertiary/aromatic N) is 1. The Balaban J connectivity index is 1.89. The highest BCUT2D eigenvalue weighted by molar-refractivity contribution is 5.41. The molecule has 0 fully saturated rings. The van der Waals surface area contributed by atoms with Gasteiger partial charge in [0.25, 0.3) is 0 Å². The van der Waals surface area contributed by atoms with Crippen LogP contribution in [0.2, 0.25) is 0 Å². The van der Waals surface area contributed by atoms with Gasteiger partial charge in [-0.2, -0.15) is 5.10 Å². The molecule has 0 aliphatic heterocycles. The van der Waals surface area contributed by atoms with E-state index < -0.39 is 0 Å². The minimum atomic E-state index is 0.162. The Bertz CT molecular complexity index is 469. The lowest BCUT2D eigenvalue weighted by Crippen LogP contribution is -2.12. The second-order valence-corrected chi connectivity index (χ2v) is 3.72. The number of aromatic nitrogens is 2. The van der Waals surface area contributed by atoms with E-state index in [1.165, 1.54) is 7.11 Å². The first-order valence-electron chi connectivity index (χ1n) is 5.34. The number of methoxy groups -OCH3 is 1. The Morgan fingerprint density at radius 1 is 1.35 bits per heavy atom. The van der Waals surface area contributed by atoms with Gasteiger partial charge in [0.2, 0.25) is 0 Å². The van der Waals surface area contributed by atoms with Gasteiger partial charge in [-0.25, -0.2) is 0 Å². The van der Waals surface area contributed by atoms with Crippen molar-refractivity contribution in [2.75, 3.05) is 7.11 Å². The fourth-order valence-corrected chi connectivity index (χ4v) is 1.57. The van der Waals surface area contributed by atoms with E-state index in [4.69, 9.17) is 4.74 Å². The van der Waals surface area contributed by atoms with Crippen LogP contribution in [0.4, 0.5) is 0 Å². The third-order valence-corrected chi connectivity index (χ3v) is 2.46. The lowest BCUT2D eigenvalue weighted by atomic mass is 10.2. The molecule has 0 saturated carbocycles. The number of hydrogen-bond acceptors (Lipinski definition) is 4. The first kappa shape index (κ1) is 11.5. The minimum absolute atomic E-state index is 0.162. The van der Waals surface area contributed by atoms with Crippen molar-refractivity contribution in [3.05, 3.63) is 41.7 Å². The van der Waals surface area contributed by atoms with E-state index in [2.05, 4.69) is 15.5 Å². The van der Waals surface area contributed by atoms with Crippen LogP contribution in [0.25, 0.3) is 0 Å². The molecule has 90 valence electrons. The Labute approximate surface area is 99.4 Å². The summed E-state index contributed by atoms with van der Waals surface area (Å²) in [5.74, 6) is 0.652. The van der Waals surface area contributed by atoms with Gasteiger partial charge in [0.1, 0.15) is 0 Å². The van der Waals surface area contributed by atoms with Gasteiger partial charge >= 0.3 is 0 Å². The van der Waals surface area contributed by atoms with Crippen LogP contribution in [-0.4, -0.2) is 22.4 Å². The van der Waals surface area contributed by atoms with Gasteiger partial charge < -0.3 is 15.2 Å².